The van der Waals surface area contributed by atoms with Gasteiger partial charge in [0.05, 0.1) is 11.5 Å². The van der Waals surface area contributed by atoms with Crippen LogP contribution in [0, 0.1) is 18.3 Å². The number of hydrogen-bond donors (Lipinski definition) is 2. The molecule has 1 aromatic rings. The Bertz CT molecular complexity index is 889. The van der Waals surface area contributed by atoms with E-state index in [1.54, 1.807) is 0 Å². The lowest BCUT2D eigenvalue weighted by Gasteiger charge is -2.42. The van der Waals surface area contributed by atoms with Crippen LogP contribution in [0.1, 0.15) is 76.2 Å². The fourth-order valence-corrected chi connectivity index (χ4v) is 6.80. The van der Waals surface area contributed by atoms with E-state index in [1.807, 2.05) is 6.07 Å². The van der Waals surface area contributed by atoms with Crippen molar-refractivity contribution < 1.29 is 14.7 Å². The van der Waals surface area contributed by atoms with Gasteiger partial charge >= 0.3 is 0 Å². The first-order valence-electron chi connectivity index (χ1n) is 13.1. The number of carbonyl (C=O) groups is 2. The molecule has 6 heteroatoms. The Balaban J connectivity index is 1.26. The number of amides is 2. The van der Waals surface area contributed by atoms with Crippen LogP contribution in [-0.4, -0.2) is 53.6 Å². The second-order valence-electron chi connectivity index (χ2n) is 11.0. The monoisotopic (exact) mass is 453 g/mol. The van der Waals surface area contributed by atoms with E-state index in [9.17, 15) is 14.7 Å². The van der Waals surface area contributed by atoms with E-state index in [-0.39, 0.29) is 23.3 Å². The summed E-state index contributed by atoms with van der Waals surface area (Å²) in [5, 5.41) is 13.0. The molecule has 1 atom stereocenters. The van der Waals surface area contributed by atoms with Gasteiger partial charge in [-0.1, -0.05) is 12.8 Å². The zero-order valence-corrected chi connectivity index (χ0v) is 20.0. The quantitative estimate of drug-likeness (QED) is 0.715. The molecule has 2 heterocycles. The Kier molecular flexibility index (Phi) is 6.39. The lowest BCUT2D eigenvalue weighted by Crippen LogP contribution is -2.50. The molecular weight excluding hydrogens is 414 g/mol. The minimum atomic E-state index is -0.268. The molecule has 4 fully saturated rings. The molecule has 0 radical (unpaired) electrons. The highest BCUT2D eigenvalue weighted by Gasteiger charge is 2.50. The van der Waals surface area contributed by atoms with Gasteiger partial charge in [0.15, 0.2) is 0 Å². The van der Waals surface area contributed by atoms with E-state index >= 15 is 0 Å². The van der Waals surface area contributed by atoms with E-state index in [4.69, 9.17) is 0 Å². The molecule has 4 aliphatic rings. The number of benzene rings is 1. The van der Waals surface area contributed by atoms with E-state index < -0.39 is 0 Å². The van der Waals surface area contributed by atoms with Crippen molar-refractivity contribution >= 4 is 23.2 Å². The Labute approximate surface area is 197 Å². The van der Waals surface area contributed by atoms with Gasteiger partial charge in [0.2, 0.25) is 11.8 Å². The van der Waals surface area contributed by atoms with Crippen LogP contribution in [0.5, 0.6) is 0 Å². The third kappa shape index (κ3) is 4.51. The zero-order chi connectivity index (χ0) is 23.0. The number of anilines is 2. The van der Waals surface area contributed by atoms with Crippen molar-refractivity contribution in [2.45, 2.75) is 89.7 Å². The van der Waals surface area contributed by atoms with Crippen LogP contribution >= 0.6 is 0 Å². The Hall–Kier alpha value is -2.08. The van der Waals surface area contributed by atoms with Gasteiger partial charge in [0, 0.05) is 43.0 Å². The molecule has 2 N–H and O–H groups in total. The van der Waals surface area contributed by atoms with Crippen molar-refractivity contribution in [2.24, 2.45) is 11.3 Å². The molecule has 0 unspecified atom stereocenters. The molecule has 2 saturated heterocycles. The molecule has 1 aromatic carbocycles. The third-order valence-electron chi connectivity index (χ3n) is 8.76. The van der Waals surface area contributed by atoms with Crippen LogP contribution < -0.4 is 10.2 Å². The third-order valence-corrected chi connectivity index (χ3v) is 8.76. The van der Waals surface area contributed by atoms with E-state index in [2.05, 4.69) is 34.2 Å². The average molecular weight is 454 g/mol. The normalized spacial score (nSPS) is 30.9. The zero-order valence-electron chi connectivity index (χ0n) is 20.0. The van der Waals surface area contributed by atoms with Crippen molar-refractivity contribution in [3.05, 3.63) is 23.8 Å². The maximum Gasteiger partial charge on any atom is 0.230 e. The predicted molar refractivity (Wildman–Crippen MR) is 130 cm³/mol. The van der Waals surface area contributed by atoms with Gasteiger partial charge in [-0.25, -0.2) is 0 Å². The minimum absolute atomic E-state index is 0.156. The van der Waals surface area contributed by atoms with Crippen LogP contribution in [0.3, 0.4) is 0 Å². The Morgan fingerprint density at radius 3 is 2.52 bits per heavy atom. The molecule has 0 aromatic heterocycles. The number of piperidine rings is 1. The molecule has 33 heavy (non-hydrogen) atoms. The van der Waals surface area contributed by atoms with Gasteiger partial charge in [0.1, 0.15) is 0 Å². The average Bonchev–Trinajstić information content (AvgIpc) is 3.45. The van der Waals surface area contributed by atoms with Crippen LogP contribution in [0.15, 0.2) is 18.2 Å². The summed E-state index contributed by atoms with van der Waals surface area (Å²) in [5.41, 5.74) is 2.94. The molecule has 1 spiro atoms. The first-order chi connectivity index (χ1) is 15.9. The van der Waals surface area contributed by atoms with Gasteiger partial charge in [-0.2, -0.15) is 0 Å². The number of aryl methyl sites for hydroxylation is 1. The first-order valence-corrected chi connectivity index (χ1v) is 13.1. The van der Waals surface area contributed by atoms with Gasteiger partial charge < -0.3 is 20.2 Å². The molecular formula is C27H39N3O3. The highest BCUT2D eigenvalue weighted by molar-refractivity contribution is 5.93. The molecule has 180 valence electrons. The first kappa shape index (κ1) is 22.7. The van der Waals surface area contributed by atoms with E-state index in [0.29, 0.717) is 11.9 Å². The van der Waals surface area contributed by atoms with Gasteiger partial charge in [-0.3, -0.25) is 9.59 Å². The van der Waals surface area contributed by atoms with Crippen molar-refractivity contribution in [2.75, 3.05) is 29.9 Å². The highest BCUT2D eigenvalue weighted by atomic mass is 16.3. The van der Waals surface area contributed by atoms with Crippen molar-refractivity contribution in [3.63, 3.8) is 0 Å². The summed E-state index contributed by atoms with van der Waals surface area (Å²) in [6.45, 7) is 4.72. The topological polar surface area (TPSA) is 72.9 Å². The molecule has 2 saturated carbocycles. The maximum atomic E-state index is 13.6. The number of likely N-dealkylation sites (tertiary alicyclic amines) is 1. The van der Waals surface area contributed by atoms with Crippen LogP contribution in [-0.2, 0) is 9.59 Å². The van der Waals surface area contributed by atoms with E-state index in [1.165, 1.54) is 5.69 Å². The SMILES string of the molecule is Cc1cc(NC(=O)C2CCCC2)ccc1N1CCC[C@]2(CCN([C@H]3CC[C@H](O)CC3)C2=O)C1. The summed E-state index contributed by atoms with van der Waals surface area (Å²) in [7, 11) is 0. The summed E-state index contributed by atoms with van der Waals surface area (Å²) in [6.07, 6.45) is 10.6. The number of nitrogens with one attached hydrogen (secondary N) is 1. The number of aliphatic hydroxyl groups is 1. The highest BCUT2D eigenvalue weighted by Crippen LogP contribution is 2.44. The summed E-state index contributed by atoms with van der Waals surface area (Å²) >= 11 is 0. The summed E-state index contributed by atoms with van der Waals surface area (Å²) in [6, 6.07) is 6.53. The van der Waals surface area contributed by atoms with Crippen LogP contribution in [0.25, 0.3) is 0 Å². The largest absolute Gasteiger partial charge is 0.393 e. The van der Waals surface area contributed by atoms with Crippen LogP contribution in [0.4, 0.5) is 11.4 Å². The summed E-state index contributed by atoms with van der Waals surface area (Å²) in [5.74, 6) is 0.658. The predicted octanol–water partition coefficient (Wildman–Crippen LogP) is 4.25. The number of nitrogens with zero attached hydrogens (tertiary/aromatic N) is 2. The second-order valence-corrected chi connectivity index (χ2v) is 11.0. The minimum Gasteiger partial charge on any atom is -0.393 e. The fraction of sp³-hybridized carbons (Fsp3) is 0.704. The number of hydrogen-bond acceptors (Lipinski definition) is 4. The summed E-state index contributed by atoms with van der Waals surface area (Å²) < 4.78 is 0. The van der Waals surface area contributed by atoms with Crippen molar-refractivity contribution in [3.8, 4) is 0 Å². The van der Waals surface area contributed by atoms with Gasteiger partial charge in [0.25, 0.3) is 0 Å². The number of rotatable bonds is 4. The molecule has 2 aliphatic carbocycles. The molecule has 2 amide bonds. The standard InChI is InChI=1S/C27H39N3O3/c1-19-17-21(28-25(32)20-5-2-3-6-20)7-12-24(19)29-15-4-13-27(18-29)14-16-30(26(27)33)22-8-10-23(31)11-9-22/h7,12,17,20,22-23,31H,2-6,8-11,13-16,18H2,1H3,(H,28,32)/t22-,23-,27-/m0/s1. The lowest BCUT2D eigenvalue weighted by molar-refractivity contribution is -0.139. The van der Waals surface area contributed by atoms with Crippen molar-refractivity contribution in [1.82, 2.24) is 4.90 Å². The van der Waals surface area contributed by atoms with Crippen molar-refractivity contribution in [1.29, 1.82) is 0 Å². The molecule has 2 aliphatic heterocycles. The number of carbonyl (C=O) groups excluding carboxylic acids is 2. The van der Waals surface area contributed by atoms with E-state index in [0.717, 1.165) is 102 Å². The maximum absolute atomic E-state index is 13.6. The fourth-order valence-electron chi connectivity index (χ4n) is 6.80. The van der Waals surface area contributed by atoms with Crippen LogP contribution in [0.2, 0.25) is 0 Å². The van der Waals surface area contributed by atoms with Gasteiger partial charge in [-0.15, -0.1) is 0 Å². The summed E-state index contributed by atoms with van der Waals surface area (Å²) in [4.78, 5) is 30.7. The van der Waals surface area contributed by atoms with Gasteiger partial charge in [-0.05, 0) is 88.5 Å². The molecule has 0 bridgehead atoms. The Morgan fingerprint density at radius 2 is 1.79 bits per heavy atom. The molecule has 5 rings (SSSR count). The lowest BCUT2D eigenvalue weighted by atomic mass is 9.78. The Morgan fingerprint density at radius 1 is 1.03 bits per heavy atom. The molecule has 6 nitrogen and oxygen atoms in total. The second kappa shape index (κ2) is 9.28. The smallest absolute Gasteiger partial charge is 0.230 e. The number of aliphatic hydroxyl groups excluding tert-OH is 1.